The standard InChI is InChI=1S/C12H14O3S/c1-12(2,15)7-5-10(16-6-7)11-8(13)3-4-9(11)14/h5-6,11,15H,3-4H2,1-2H3. The fourth-order valence-electron chi connectivity index (χ4n) is 1.86. The maximum atomic E-state index is 11.6. The summed E-state index contributed by atoms with van der Waals surface area (Å²) in [5, 5.41) is 11.6. The summed E-state index contributed by atoms with van der Waals surface area (Å²) in [7, 11) is 0. The zero-order chi connectivity index (χ0) is 11.9. The normalized spacial score (nSPS) is 18.4. The Bertz CT molecular complexity index is 423. The molecule has 0 spiro atoms. The van der Waals surface area contributed by atoms with E-state index in [0.29, 0.717) is 12.8 Å². The van der Waals surface area contributed by atoms with Gasteiger partial charge in [0.2, 0.25) is 0 Å². The van der Waals surface area contributed by atoms with Crippen LogP contribution in [0.2, 0.25) is 0 Å². The predicted molar refractivity (Wildman–Crippen MR) is 61.6 cm³/mol. The van der Waals surface area contributed by atoms with Crippen LogP contribution in [0.1, 0.15) is 43.0 Å². The van der Waals surface area contributed by atoms with Gasteiger partial charge in [0.05, 0.1) is 5.60 Å². The highest BCUT2D eigenvalue weighted by Crippen LogP contribution is 2.35. The van der Waals surface area contributed by atoms with Gasteiger partial charge < -0.3 is 5.11 Å². The van der Waals surface area contributed by atoms with E-state index in [4.69, 9.17) is 0 Å². The Kier molecular flexibility index (Phi) is 2.72. The SMILES string of the molecule is CC(C)(O)c1csc(C2C(=O)CCC2=O)c1. The lowest BCUT2D eigenvalue weighted by molar-refractivity contribution is -0.123. The van der Waals surface area contributed by atoms with E-state index in [-0.39, 0.29) is 11.6 Å². The third-order valence-corrected chi connectivity index (χ3v) is 3.87. The number of ketones is 2. The van der Waals surface area contributed by atoms with Crippen molar-refractivity contribution in [2.24, 2.45) is 0 Å². The van der Waals surface area contributed by atoms with Gasteiger partial charge in [-0.25, -0.2) is 0 Å². The molecule has 1 heterocycles. The summed E-state index contributed by atoms with van der Waals surface area (Å²) in [5.41, 5.74) is -0.153. The number of hydrogen-bond donors (Lipinski definition) is 1. The van der Waals surface area contributed by atoms with Crippen LogP contribution in [0.15, 0.2) is 11.4 Å². The monoisotopic (exact) mass is 238 g/mol. The van der Waals surface area contributed by atoms with E-state index in [1.54, 1.807) is 19.9 Å². The maximum absolute atomic E-state index is 11.6. The molecule has 1 aromatic heterocycles. The van der Waals surface area contributed by atoms with Crippen molar-refractivity contribution in [2.45, 2.75) is 38.2 Å². The lowest BCUT2D eigenvalue weighted by Gasteiger charge is -2.14. The molecule has 1 aliphatic rings. The second kappa shape index (κ2) is 3.79. The van der Waals surface area contributed by atoms with Crippen LogP contribution in [0.5, 0.6) is 0 Å². The molecule has 1 aromatic rings. The molecule has 3 nitrogen and oxygen atoms in total. The topological polar surface area (TPSA) is 54.4 Å². The molecule has 0 aliphatic heterocycles. The van der Waals surface area contributed by atoms with Gasteiger partial charge in [0.15, 0.2) is 0 Å². The van der Waals surface area contributed by atoms with Crippen LogP contribution in [-0.2, 0) is 15.2 Å². The highest BCUT2D eigenvalue weighted by Gasteiger charge is 2.35. The summed E-state index contributed by atoms with van der Waals surface area (Å²) >= 11 is 1.38. The lowest BCUT2D eigenvalue weighted by Crippen LogP contribution is -2.14. The van der Waals surface area contributed by atoms with Gasteiger partial charge in [-0.15, -0.1) is 11.3 Å². The molecule has 0 saturated heterocycles. The summed E-state index contributed by atoms with van der Waals surface area (Å²) in [6.07, 6.45) is 0.721. The minimum atomic E-state index is -0.917. The van der Waals surface area contributed by atoms with Gasteiger partial charge in [-0.2, -0.15) is 0 Å². The van der Waals surface area contributed by atoms with Gasteiger partial charge in [-0.1, -0.05) is 0 Å². The molecule has 0 bridgehead atoms. The summed E-state index contributed by atoms with van der Waals surface area (Å²) < 4.78 is 0. The molecule has 0 unspecified atom stereocenters. The third-order valence-electron chi connectivity index (χ3n) is 2.87. The van der Waals surface area contributed by atoms with Crippen molar-refractivity contribution in [3.63, 3.8) is 0 Å². The van der Waals surface area contributed by atoms with Crippen LogP contribution < -0.4 is 0 Å². The van der Waals surface area contributed by atoms with Crippen LogP contribution in [0, 0.1) is 0 Å². The lowest BCUT2D eigenvalue weighted by atomic mass is 9.98. The minimum Gasteiger partial charge on any atom is -0.386 e. The molecule has 0 atom stereocenters. The van der Waals surface area contributed by atoms with Gasteiger partial charge in [0.1, 0.15) is 17.5 Å². The van der Waals surface area contributed by atoms with Crippen molar-refractivity contribution < 1.29 is 14.7 Å². The summed E-state index contributed by atoms with van der Waals surface area (Å²) in [6, 6.07) is 1.77. The van der Waals surface area contributed by atoms with E-state index in [1.165, 1.54) is 11.3 Å². The fraction of sp³-hybridized carbons (Fsp3) is 0.500. The second-order valence-electron chi connectivity index (χ2n) is 4.66. The average Bonchev–Trinajstić information content (AvgIpc) is 2.72. The van der Waals surface area contributed by atoms with Crippen molar-refractivity contribution in [3.05, 3.63) is 21.9 Å². The molecule has 0 radical (unpaired) electrons. The van der Waals surface area contributed by atoms with E-state index in [9.17, 15) is 14.7 Å². The number of hydrogen-bond acceptors (Lipinski definition) is 4. The highest BCUT2D eigenvalue weighted by molar-refractivity contribution is 7.10. The first kappa shape index (κ1) is 11.5. The second-order valence-corrected chi connectivity index (χ2v) is 5.61. The van der Waals surface area contributed by atoms with Crippen molar-refractivity contribution in [3.8, 4) is 0 Å². The molecule has 0 aromatic carbocycles. The Morgan fingerprint density at radius 3 is 2.31 bits per heavy atom. The van der Waals surface area contributed by atoms with Crippen molar-refractivity contribution >= 4 is 22.9 Å². The van der Waals surface area contributed by atoms with E-state index in [0.717, 1.165) is 10.4 Å². The molecule has 1 saturated carbocycles. The Morgan fingerprint density at radius 2 is 1.88 bits per heavy atom. The van der Waals surface area contributed by atoms with Gasteiger partial charge in [0, 0.05) is 17.7 Å². The van der Waals surface area contributed by atoms with E-state index >= 15 is 0 Å². The fourth-order valence-corrected chi connectivity index (χ4v) is 3.07. The first-order chi connectivity index (χ1) is 7.39. The number of carbonyl (C=O) groups is 2. The molecular formula is C12H14O3S. The zero-order valence-electron chi connectivity index (χ0n) is 9.32. The molecule has 4 heteroatoms. The highest BCUT2D eigenvalue weighted by atomic mass is 32.1. The first-order valence-electron chi connectivity index (χ1n) is 5.26. The van der Waals surface area contributed by atoms with Crippen LogP contribution in [0.4, 0.5) is 0 Å². The number of aliphatic hydroxyl groups is 1. The number of carbonyl (C=O) groups excluding carboxylic acids is 2. The average molecular weight is 238 g/mol. The Balaban J connectivity index is 2.32. The van der Waals surface area contributed by atoms with E-state index in [1.807, 2.05) is 5.38 Å². The van der Waals surface area contributed by atoms with Crippen molar-refractivity contribution in [1.29, 1.82) is 0 Å². The Morgan fingerprint density at radius 1 is 1.31 bits per heavy atom. The quantitative estimate of drug-likeness (QED) is 0.802. The Hall–Kier alpha value is -1.00. The molecule has 16 heavy (non-hydrogen) atoms. The molecular weight excluding hydrogens is 224 g/mol. The summed E-state index contributed by atoms with van der Waals surface area (Å²) in [4.78, 5) is 23.9. The summed E-state index contributed by atoms with van der Waals surface area (Å²) in [6.45, 7) is 3.38. The van der Waals surface area contributed by atoms with Gasteiger partial charge in [-0.3, -0.25) is 9.59 Å². The molecule has 1 fully saturated rings. The molecule has 0 amide bonds. The van der Waals surface area contributed by atoms with Crippen molar-refractivity contribution in [1.82, 2.24) is 0 Å². The van der Waals surface area contributed by atoms with Crippen LogP contribution in [-0.4, -0.2) is 16.7 Å². The minimum absolute atomic E-state index is 0.00847. The van der Waals surface area contributed by atoms with E-state index in [2.05, 4.69) is 0 Å². The first-order valence-corrected chi connectivity index (χ1v) is 6.14. The van der Waals surface area contributed by atoms with Crippen LogP contribution in [0.3, 0.4) is 0 Å². The molecule has 1 N–H and O–H groups in total. The smallest absolute Gasteiger partial charge is 0.149 e. The van der Waals surface area contributed by atoms with Gasteiger partial charge in [0.25, 0.3) is 0 Å². The molecule has 1 aliphatic carbocycles. The molecule has 2 rings (SSSR count). The van der Waals surface area contributed by atoms with Crippen LogP contribution in [0.25, 0.3) is 0 Å². The Labute approximate surface area is 98.1 Å². The number of thiophene rings is 1. The van der Waals surface area contributed by atoms with Gasteiger partial charge in [-0.05, 0) is 30.9 Å². The van der Waals surface area contributed by atoms with Crippen molar-refractivity contribution in [2.75, 3.05) is 0 Å². The number of rotatable bonds is 2. The largest absolute Gasteiger partial charge is 0.386 e. The predicted octanol–water partition coefficient (Wildman–Crippen LogP) is 1.99. The molecule has 86 valence electrons. The summed E-state index contributed by atoms with van der Waals surface area (Å²) in [5.74, 6) is -0.551. The maximum Gasteiger partial charge on any atom is 0.149 e. The zero-order valence-corrected chi connectivity index (χ0v) is 10.1. The number of Topliss-reactive ketones (excluding diaryl/α,β-unsaturated/α-hetero) is 2. The van der Waals surface area contributed by atoms with Crippen LogP contribution >= 0.6 is 11.3 Å². The van der Waals surface area contributed by atoms with E-state index < -0.39 is 11.5 Å². The van der Waals surface area contributed by atoms with Gasteiger partial charge >= 0.3 is 0 Å². The third kappa shape index (κ3) is 1.95.